The van der Waals surface area contributed by atoms with Gasteiger partial charge in [-0.25, -0.2) is 4.79 Å². The number of nitro benzene ring substituents is 1. The molecule has 0 radical (unpaired) electrons. The van der Waals surface area contributed by atoms with Crippen LogP contribution in [-0.2, 0) is 0 Å². The van der Waals surface area contributed by atoms with E-state index in [1.54, 1.807) is 12.1 Å². The normalized spacial score (nSPS) is 10.3. The van der Waals surface area contributed by atoms with E-state index in [-0.39, 0.29) is 35.0 Å². The van der Waals surface area contributed by atoms with Crippen LogP contribution in [0, 0.1) is 10.1 Å². The van der Waals surface area contributed by atoms with Gasteiger partial charge in [-0.15, -0.1) is 15.0 Å². The van der Waals surface area contributed by atoms with Crippen molar-refractivity contribution in [2.45, 2.75) is 0 Å². The van der Waals surface area contributed by atoms with E-state index in [0.717, 1.165) is 0 Å². The topological polar surface area (TPSA) is 147 Å². The minimum absolute atomic E-state index is 0.0383. The van der Waals surface area contributed by atoms with Crippen LogP contribution in [0.5, 0.6) is 23.8 Å². The summed E-state index contributed by atoms with van der Waals surface area (Å²) in [6.45, 7) is 0. The van der Waals surface area contributed by atoms with E-state index in [4.69, 9.17) is 14.2 Å². The third-order valence-electron chi connectivity index (χ3n) is 3.77. The van der Waals surface area contributed by atoms with E-state index in [1.807, 2.05) is 0 Å². The first kappa shape index (κ1) is 19.5. The molecule has 0 amide bonds. The number of rotatable bonds is 7. The highest BCUT2D eigenvalue weighted by atomic mass is 16.6. The number of ether oxygens (including phenoxy) is 3. The van der Waals surface area contributed by atoms with Crippen molar-refractivity contribution in [3.8, 4) is 34.9 Å². The van der Waals surface area contributed by atoms with E-state index in [9.17, 15) is 20.0 Å². The first-order valence-corrected chi connectivity index (χ1v) is 8.06. The standard InChI is InChI=1S/C18H14N4O7/c1-27-16-19-17(28-2)21-18(20-16)29-13-5-3-4-12(14(13)15(23)24)10-6-8-11(9-7-10)22(25)26/h3-9H,1-2H3,(H,23,24). The number of nitro groups is 1. The molecule has 0 fully saturated rings. The molecule has 3 aromatic rings. The van der Waals surface area contributed by atoms with E-state index in [1.165, 1.54) is 44.6 Å². The lowest BCUT2D eigenvalue weighted by molar-refractivity contribution is -0.384. The molecule has 0 aliphatic rings. The Balaban J connectivity index is 2.06. The molecule has 0 spiro atoms. The van der Waals surface area contributed by atoms with Gasteiger partial charge in [0.2, 0.25) is 0 Å². The van der Waals surface area contributed by atoms with Crippen LogP contribution in [0.25, 0.3) is 11.1 Å². The van der Waals surface area contributed by atoms with Crippen LogP contribution in [0.2, 0.25) is 0 Å². The summed E-state index contributed by atoms with van der Waals surface area (Å²) in [7, 11) is 2.69. The summed E-state index contributed by atoms with van der Waals surface area (Å²) in [5, 5.41) is 20.6. The zero-order chi connectivity index (χ0) is 21.0. The Hall–Kier alpha value is -4.28. The number of carbonyl (C=O) groups is 1. The van der Waals surface area contributed by atoms with Gasteiger partial charge >= 0.3 is 24.0 Å². The number of carboxylic acid groups (broad SMARTS) is 1. The molecule has 3 rings (SSSR count). The Bertz CT molecular complexity index is 1050. The number of benzene rings is 2. The van der Waals surface area contributed by atoms with Crippen LogP contribution in [-0.4, -0.2) is 45.2 Å². The van der Waals surface area contributed by atoms with E-state index in [2.05, 4.69) is 15.0 Å². The second kappa shape index (κ2) is 8.17. The first-order valence-electron chi connectivity index (χ1n) is 8.06. The van der Waals surface area contributed by atoms with Gasteiger partial charge in [0.05, 0.1) is 19.1 Å². The molecule has 0 aliphatic carbocycles. The van der Waals surface area contributed by atoms with Crippen LogP contribution in [0.4, 0.5) is 5.69 Å². The molecule has 0 saturated carbocycles. The summed E-state index contributed by atoms with van der Waals surface area (Å²) in [6.07, 6.45) is 0. The zero-order valence-electron chi connectivity index (χ0n) is 15.2. The van der Waals surface area contributed by atoms with Crippen LogP contribution in [0.1, 0.15) is 10.4 Å². The van der Waals surface area contributed by atoms with Gasteiger partial charge in [-0.3, -0.25) is 10.1 Å². The number of hydrogen-bond donors (Lipinski definition) is 1. The van der Waals surface area contributed by atoms with Gasteiger partial charge < -0.3 is 19.3 Å². The van der Waals surface area contributed by atoms with Crippen molar-refractivity contribution in [2.24, 2.45) is 0 Å². The van der Waals surface area contributed by atoms with Crippen molar-refractivity contribution >= 4 is 11.7 Å². The van der Waals surface area contributed by atoms with Gasteiger partial charge in [-0.2, -0.15) is 0 Å². The second-order valence-electron chi connectivity index (χ2n) is 5.48. The predicted octanol–water partition coefficient (Wildman–Crippen LogP) is 2.95. The fraction of sp³-hybridized carbons (Fsp3) is 0.111. The first-order chi connectivity index (χ1) is 13.9. The van der Waals surface area contributed by atoms with Crippen LogP contribution in [0.15, 0.2) is 42.5 Å². The number of aromatic nitrogens is 3. The minimum Gasteiger partial charge on any atom is -0.478 e. The molecular weight excluding hydrogens is 384 g/mol. The van der Waals surface area contributed by atoms with Gasteiger partial charge in [0.25, 0.3) is 5.69 Å². The summed E-state index contributed by atoms with van der Waals surface area (Å²) in [6, 6.07) is 9.69. The second-order valence-corrected chi connectivity index (χ2v) is 5.48. The fourth-order valence-electron chi connectivity index (χ4n) is 2.49. The Morgan fingerprint density at radius 2 is 1.55 bits per heavy atom. The number of non-ortho nitro benzene ring substituents is 1. The maximum absolute atomic E-state index is 11.9. The fourth-order valence-corrected chi connectivity index (χ4v) is 2.49. The maximum Gasteiger partial charge on any atom is 0.340 e. The lowest BCUT2D eigenvalue weighted by atomic mass is 9.98. The molecule has 0 saturated heterocycles. The van der Waals surface area contributed by atoms with Crippen LogP contribution < -0.4 is 14.2 Å². The summed E-state index contributed by atoms with van der Waals surface area (Å²) in [5.41, 5.74) is 0.490. The van der Waals surface area contributed by atoms with Gasteiger partial charge in [-0.05, 0) is 29.3 Å². The van der Waals surface area contributed by atoms with Crippen LogP contribution >= 0.6 is 0 Å². The van der Waals surface area contributed by atoms with Crippen LogP contribution in [0.3, 0.4) is 0 Å². The Morgan fingerprint density at radius 3 is 2.07 bits per heavy atom. The lowest BCUT2D eigenvalue weighted by Gasteiger charge is -2.12. The molecule has 0 unspecified atom stereocenters. The molecule has 11 nitrogen and oxygen atoms in total. The van der Waals surface area contributed by atoms with E-state index >= 15 is 0 Å². The molecule has 148 valence electrons. The molecule has 29 heavy (non-hydrogen) atoms. The highest BCUT2D eigenvalue weighted by Crippen LogP contribution is 2.34. The monoisotopic (exact) mass is 398 g/mol. The lowest BCUT2D eigenvalue weighted by Crippen LogP contribution is -2.06. The minimum atomic E-state index is -1.26. The van der Waals surface area contributed by atoms with Crippen molar-refractivity contribution in [1.82, 2.24) is 15.0 Å². The number of methoxy groups -OCH3 is 2. The zero-order valence-corrected chi connectivity index (χ0v) is 15.2. The van der Waals surface area contributed by atoms with Crippen molar-refractivity contribution in [3.05, 3.63) is 58.1 Å². The van der Waals surface area contributed by atoms with Crippen molar-refractivity contribution in [2.75, 3.05) is 14.2 Å². The highest BCUT2D eigenvalue weighted by Gasteiger charge is 2.20. The molecule has 0 bridgehead atoms. The third kappa shape index (κ3) is 4.18. The summed E-state index contributed by atoms with van der Waals surface area (Å²) >= 11 is 0. The van der Waals surface area contributed by atoms with E-state index < -0.39 is 10.9 Å². The Kier molecular flexibility index (Phi) is 5.49. The van der Waals surface area contributed by atoms with Gasteiger partial charge in [-0.1, -0.05) is 12.1 Å². The Labute approximate surface area is 163 Å². The van der Waals surface area contributed by atoms with E-state index in [0.29, 0.717) is 11.1 Å². The number of nitrogens with zero attached hydrogens (tertiary/aromatic N) is 4. The summed E-state index contributed by atoms with van der Waals surface area (Å²) in [4.78, 5) is 33.9. The van der Waals surface area contributed by atoms with Gasteiger partial charge in [0, 0.05) is 12.1 Å². The molecule has 0 atom stereocenters. The largest absolute Gasteiger partial charge is 0.478 e. The average Bonchev–Trinajstić information content (AvgIpc) is 2.73. The average molecular weight is 398 g/mol. The Morgan fingerprint density at radius 1 is 0.966 bits per heavy atom. The molecule has 0 aliphatic heterocycles. The predicted molar refractivity (Wildman–Crippen MR) is 98.5 cm³/mol. The maximum atomic E-state index is 11.9. The SMILES string of the molecule is COc1nc(OC)nc(Oc2cccc(-c3ccc([N+](=O)[O-])cc3)c2C(=O)O)n1. The van der Waals surface area contributed by atoms with Gasteiger partial charge in [0.15, 0.2) is 0 Å². The summed E-state index contributed by atoms with van der Waals surface area (Å²) in [5.74, 6) is -1.30. The smallest absolute Gasteiger partial charge is 0.340 e. The number of carboxylic acids is 1. The summed E-state index contributed by atoms with van der Waals surface area (Å²) < 4.78 is 15.5. The number of hydrogen-bond acceptors (Lipinski definition) is 9. The molecule has 1 N–H and O–H groups in total. The molecule has 11 heteroatoms. The molecule has 1 heterocycles. The van der Waals surface area contributed by atoms with Gasteiger partial charge in [0.1, 0.15) is 11.3 Å². The molecule has 2 aromatic carbocycles. The third-order valence-corrected chi connectivity index (χ3v) is 3.77. The van der Waals surface area contributed by atoms with Crippen molar-refractivity contribution in [1.29, 1.82) is 0 Å². The molecular formula is C18H14N4O7. The highest BCUT2D eigenvalue weighted by molar-refractivity contribution is 5.99. The van der Waals surface area contributed by atoms with Crippen molar-refractivity contribution in [3.63, 3.8) is 0 Å². The quantitative estimate of drug-likeness (QED) is 0.465. The molecule has 1 aromatic heterocycles. The van der Waals surface area contributed by atoms with Crippen molar-refractivity contribution < 1.29 is 29.0 Å². The number of aromatic carboxylic acids is 1.